The van der Waals surface area contributed by atoms with Crippen LogP contribution >= 0.6 is 11.6 Å². The number of hydrogen-bond acceptors (Lipinski definition) is 4. The Hall–Kier alpha value is -1.59. The number of hydrogen-bond donors (Lipinski definition) is 0. The first kappa shape index (κ1) is 17.8. The van der Waals surface area contributed by atoms with E-state index in [-0.39, 0.29) is 18.1 Å². The molecule has 6 heteroatoms. The number of rotatable bonds is 7. The minimum Gasteiger partial charge on any atom is -0.466 e. The minimum atomic E-state index is -3.36. The predicted octanol–water partition coefficient (Wildman–Crippen LogP) is 4.00. The third-order valence-electron chi connectivity index (χ3n) is 3.48. The Bertz CT molecular complexity index is 799. The van der Waals surface area contributed by atoms with E-state index in [1.807, 2.05) is 0 Å². The van der Waals surface area contributed by atoms with Gasteiger partial charge < -0.3 is 4.74 Å². The maximum absolute atomic E-state index is 12.4. The monoisotopic (exact) mass is 354 g/mol. The van der Waals surface area contributed by atoms with Gasteiger partial charge in [0.1, 0.15) is 0 Å². The average molecular weight is 355 g/mol. The highest BCUT2D eigenvalue weighted by Gasteiger charge is 2.15. The van der Waals surface area contributed by atoms with E-state index in [9.17, 15) is 13.2 Å². The van der Waals surface area contributed by atoms with Crippen LogP contribution in [0.5, 0.6) is 0 Å². The van der Waals surface area contributed by atoms with Gasteiger partial charge in [0, 0.05) is 11.4 Å². The molecule has 124 valence electrons. The molecule has 0 fully saturated rings. The molecule has 0 N–H and O–H groups in total. The molecule has 0 aliphatic heterocycles. The third-order valence-corrected chi connectivity index (χ3v) is 5.52. The molecule has 0 bridgehead atoms. The Labute approximate surface area is 141 Å². The van der Waals surface area contributed by atoms with Crippen LogP contribution in [0.2, 0.25) is 5.02 Å². The number of carbonyl (C=O) groups is 1. The van der Waals surface area contributed by atoms with E-state index in [1.54, 1.807) is 43.3 Å². The largest absolute Gasteiger partial charge is 0.466 e. The lowest BCUT2D eigenvalue weighted by atomic mass is 10.1. The number of benzene rings is 2. The first-order valence-corrected chi connectivity index (χ1v) is 9.53. The van der Waals surface area contributed by atoms with Crippen molar-refractivity contribution >= 4 is 38.2 Å². The van der Waals surface area contributed by atoms with Gasteiger partial charge in [0.05, 0.1) is 17.3 Å². The molecule has 2 aromatic rings. The van der Waals surface area contributed by atoms with Gasteiger partial charge in [-0.05, 0) is 54.8 Å². The summed E-state index contributed by atoms with van der Waals surface area (Å²) in [6.07, 6.45) is 1.18. The number of halogens is 1. The fraction of sp³-hybridized carbons (Fsp3) is 0.353. The second-order valence-corrected chi connectivity index (χ2v) is 7.78. The number of sulfone groups is 1. The van der Waals surface area contributed by atoms with Crippen LogP contribution in [-0.4, -0.2) is 26.7 Å². The van der Waals surface area contributed by atoms with Crippen molar-refractivity contribution in [1.29, 1.82) is 0 Å². The quantitative estimate of drug-likeness (QED) is 0.557. The molecule has 4 nitrogen and oxygen atoms in total. The Morgan fingerprint density at radius 3 is 2.52 bits per heavy atom. The van der Waals surface area contributed by atoms with Crippen molar-refractivity contribution < 1.29 is 17.9 Å². The summed E-state index contributed by atoms with van der Waals surface area (Å²) in [6, 6.07) is 10.3. The van der Waals surface area contributed by atoms with Gasteiger partial charge in [-0.3, -0.25) is 4.79 Å². The van der Waals surface area contributed by atoms with Crippen molar-refractivity contribution in [3.63, 3.8) is 0 Å². The van der Waals surface area contributed by atoms with E-state index in [4.69, 9.17) is 16.3 Å². The first-order valence-electron chi connectivity index (χ1n) is 7.50. The van der Waals surface area contributed by atoms with E-state index in [0.717, 1.165) is 10.8 Å². The standard InChI is InChI=1S/C17H19ClO4S/c1-2-22-17(19)5-3-4-10-23(20,21)16-9-7-13-11-15(18)8-6-14(13)12-16/h6-9,11-12H,2-5,10H2,1H3. The van der Waals surface area contributed by atoms with Crippen molar-refractivity contribution in [2.24, 2.45) is 0 Å². The fourth-order valence-electron chi connectivity index (χ4n) is 2.30. The summed E-state index contributed by atoms with van der Waals surface area (Å²) in [6.45, 7) is 2.09. The molecule has 0 unspecified atom stereocenters. The molecule has 0 aliphatic carbocycles. The number of esters is 1. The Morgan fingerprint density at radius 1 is 1.09 bits per heavy atom. The van der Waals surface area contributed by atoms with Crippen molar-refractivity contribution in [3.8, 4) is 0 Å². The van der Waals surface area contributed by atoms with Crippen molar-refractivity contribution in [2.75, 3.05) is 12.4 Å². The van der Waals surface area contributed by atoms with E-state index >= 15 is 0 Å². The van der Waals surface area contributed by atoms with E-state index < -0.39 is 9.84 Å². The molecule has 0 saturated heterocycles. The van der Waals surface area contributed by atoms with Crippen molar-refractivity contribution in [2.45, 2.75) is 31.1 Å². The number of ether oxygens (including phenoxy) is 1. The lowest BCUT2D eigenvalue weighted by molar-refractivity contribution is -0.143. The fourth-order valence-corrected chi connectivity index (χ4v) is 3.88. The second kappa shape index (κ2) is 7.79. The van der Waals surface area contributed by atoms with E-state index in [2.05, 4.69) is 0 Å². The SMILES string of the molecule is CCOC(=O)CCCCS(=O)(=O)c1ccc2cc(Cl)ccc2c1. The molecule has 0 spiro atoms. The van der Waals surface area contributed by atoms with Crippen LogP contribution in [-0.2, 0) is 19.4 Å². The van der Waals surface area contributed by atoms with Crippen LogP contribution in [0.15, 0.2) is 41.3 Å². The summed E-state index contributed by atoms with van der Waals surface area (Å²) in [7, 11) is -3.36. The molecule has 0 saturated carbocycles. The van der Waals surface area contributed by atoms with Crippen LogP contribution in [0, 0.1) is 0 Å². The summed E-state index contributed by atoms with van der Waals surface area (Å²) < 4.78 is 29.6. The smallest absolute Gasteiger partial charge is 0.305 e. The Balaban J connectivity index is 2.02. The zero-order valence-corrected chi connectivity index (χ0v) is 14.5. The van der Waals surface area contributed by atoms with Gasteiger partial charge in [-0.2, -0.15) is 0 Å². The zero-order chi connectivity index (χ0) is 16.9. The van der Waals surface area contributed by atoms with Crippen LogP contribution in [0.3, 0.4) is 0 Å². The second-order valence-electron chi connectivity index (χ2n) is 5.23. The molecule has 0 aliphatic rings. The number of carbonyl (C=O) groups excluding carboxylic acids is 1. The van der Waals surface area contributed by atoms with Crippen LogP contribution in [0.1, 0.15) is 26.2 Å². The van der Waals surface area contributed by atoms with Crippen molar-refractivity contribution in [3.05, 3.63) is 41.4 Å². The van der Waals surface area contributed by atoms with Crippen LogP contribution in [0.25, 0.3) is 10.8 Å². The topological polar surface area (TPSA) is 60.4 Å². The molecule has 23 heavy (non-hydrogen) atoms. The van der Waals surface area contributed by atoms with Gasteiger partial charge in [-0.25, -0.2) is 8.42 Å². The van der Waals surface area contributed by atoms with Gasteiger partial charge in [-0.1, -0.05) is 23.7 Å². The summed E-state index contributed by atoms with van der Waals surface area (Å²) in [5.41, 5.74) is 0. The normalized spacial score (nSPS) is 11.6. The molecular weight excluding hydrogens is 336 g/mol. The van der Waals surface area contributed by atoms with Crippen LogP contribution in [0.4, 0.5) is 0 Å². The first-order chi connectivity index (χ1) is 10.9. The molecule has 2 rings (SSSR count). The van der Waals surface area contributed by atoms with Crippen LogP contribution < -0.4 is 0 Å². The Morgan fingerprint density at radius 2 is 1.78 bits per heavy atom. The van der Waals surface area contributed by atoms with Gasteiger partial charge in [0.2, 0.25) is 0 Å². The summed E-state index contributed by atoms with van der Waals surface area (Å²) >= 11 is 5.92. The Kier molecular flexibility index (Phi) is 6.02. The maximum atomic E-state index is 12.4. The third kappa shape index (κ3) is 4.94. The molecule has 0 radical (unpaired) electrons. The minimum absolute atomic E-state index is 0.0193. The number of unbranched alkanes of at least 4 members (excludes halogenated alkanes) is 1. The van der Waals surface area contributed by atoms with Crippen molar-refractivity contribution in [1.82, 2.24) is 0 Å². The molecule has 0 aromatic heterocycles. The van der Waals surface area contributed by atoms with Gasteiger partial charge >= 0.3 is 5.97 Å². The highest BCUT2D eigenvalue weighted by molar-refractivity contribution is 7.91. The summed E-state index contributed by atoms with van der Waals surface area (Å²) in [4.78, 5) is 11.5. The summed E-state index contributed by atoms with van der Waals surface area (Å²) in [5, 5.41) is 2.35. The average Bonchev–Trinajstić information content (AvgIpc) is 2.51. The molecular formula is C17H19ClO4S. The predicted molar refractivity (Wildman–Crippen MR) is 91.5 cm³/mol. The van der Waals surface area contributed by atoms with E-state index in [0.29, 0.717) is 29.4 Å². The molecule has 2 aromatic carbocycles. The summed E-state index contributed by atoms with van der Waals surface area (Å²) in [5.74, 6) is -0.265. The van der Waals surface area contributed by atoms with Gasteiger partial charge in [0.25, 0.3) is 0 Å². The maximum Gasteiger partial charge on any atom is 0.305 e. The van der Waals surface area contributed by atoms with E-state index in [1.165, 1.54) is 0 Å². The van der Waals surface area contributed by atoms with Gasteiger partial charge in [0.15, 0.2) is 9.84 Å². The molecule has 0 amide bonds. The highest BCUT2D eigenvalue weighted by atomic mass is 35.5. The molecule has 0 heterocycles. The lowest BCUT2D eigenvalue weighted by Gasteiger charge is -2.06. The number of fused-ring (bicyclic) bond motifs is 1. The molecule has 0 atom stereocenters. The highest BCUT2D eigenvalue weighted by Crippen LogP contribution is 2.23. The lowest BCUT2D eigenvalue weighted by Crippen LogP contribution is -2.08. The zero-order valence-electron chi connectivity index (χ0n) is 12.9. The van der Waals surface area contributed by atoms with Gasteiger partial charge in [-0.15, -0.1) is 0 Å².